The van der Waals surface area contributed by atoms with Crippen LogP contribution in [0.15, 0.2) is 35.3 Å². The molecule has 0 radical (unpaired) electrons. The molecule has 0 aliphatic rings. The highest BCUT2D eigenvalue weighted by Crippen LogP contribution is 2.25. The van der Waals surface area contributed by atoms with Crippen LogP contribution in [-0.4, -0.2) is 20.7 Å². The van der Waals surface area contributed by atoms with Gasteiger partial charge in [0.15, 0.2) is 0 Å². The Morgan fingerprint density at radius 3 is 3.06 bits per heavy atom. The molecule has 1 amide bonds. The van der Waals surface area contributed by atoms with Gasteiger partial charge in [-0.25, -0.2) is 9.67 Å². The van der Waals surface area contributed by atoms with Crippen LogP contribution in [0.3, 0.4) is 0 Å². The zero-order chi connectivity index (χ0) is 12.3. The quantitative estimate of drug-likeness (QED) is 0.945. The van der Waals surface area contributed by atoms with Crippen molar-refractivity contribution in [2.24, 2.45) is 0 Å². The average molecular weight is 316 g/mol. The van der Waals surface area contributed by atoms with Gasteiger partial charge in [0.25, 0.3) is 0 Å². The first-order valence-corrected chi connectivity index (χ1v) is 5.89. The van der Waals surface area contributed by atoms with Crippen molar-refractivity contribution in [2.45, 2.75) is 6.54 Å². The Morgan fingerprint density at radius 2 is 2.35 bits per heavy atom. The summed E-state index contributed by atoms with van der Waals surface area (Å²) >= 11 is 9.17. The lowest BCUT2D eigenvalue weighted by Gasteiger charge is -2.07. The van der Waals surface area contributed by atoms with Crippen LogP contribution in [0.4, 0.5) is 5.69 Å². The Morgan fingerprint density at radius 1 is 1.53 bits per heavy atom. The van der Waals surface area contributed by atoms with Gasteiger partial charge in [0.05, 0.1) is 5.69 Å². The molecule has 0 bridgehead atoms. The molecular formula is C10H8BrClN4O. The van der Waals surface area contributed by atoms with Crippen LogP contribution in [-0.2, 0) is 11.3 Å². The van der Waals surface area contributed by atoms with E-state index in [4.69, 9.17) is 11.6 Å². The van der Waals surface area contributed by atoms with Gasteiger partial charge in [0.2, 0.25) is 5.91 Å². The maximum atomic E-state index is 11.7. The van der Waals surface area contributed by atoms with Gasteiger partial charge in [0, 0.05) is 9.50 Å². The van der Waals surface area contributed by atoms with Crippen molar-refractivity contribution < 1.29 is 4.79 Å². The number of halogens is 2. The summed E-state index contributed by atoms with van der Waals surface area (Å²) in [5.41, 5.74) is 0.627. The standard InChI is InChI=1S/C10H8BrClN4O/c11-8-2-1-7(12)3-9(8)15-10(17)4-16-6-13-5-14-16/h1-3,5-6H,4H2,(H,15,17). The maximum absolute atomic E-state index is 11.7. The normalized spacial score (nSPS) is 10.2. The van der Waals surface area contributed by atoms with Gasteiger partial charge < -0.3 is 5.32 Å². The highest BCUT2D eigenvalue weighted by molar-refractivity contribution is 9.10. The molecular weight excluding hydrogens is 307 g/mol. The van der Waals surface area contributed by atoms with Crippen LogP contribution in [0.2, 0.25) is 5.02 Å². The molecule has 0 saturated heterocycles. The van der Waals surface area contributed by atoms with Crippen molar-refractivity contribution in [3.63, 3.8) is 0 Å². The lowest BCUT2D eigenvalue weighted by Crippen LogP contribution is -2.19. The van der Waals surface area contributed by atoms with Gasteiger partial charge in [0.1, 0.15) is 19.2 Å². The van der Waals surface area contributed by atoms with Crippen LogP contribution in [0.5, 0.6) is 0 Å². The number of rotatable bonds is 3. The Kier molecular flexibility index (Phi) is 3.75. The molecule has 1 aromatic heterocycles. The number of carbonyl (C=O) groups excluding carboxylic acids is 1. The Labute approximate surface area is 111 Å². The number of benzene rings is 1. The number of nitrogens with one attached hydrogen (secondary N) is 1. The third kappa shape index (κ3) is 3.28. The summed E-state index contributed by atoms with van der Waals surface area (Å²) in [7, 11) is 0. The van der Waals surface area contributed by atoms with Crippen molar-refractivity contribution in [3.8, 4) is 0 Å². The van der Waals surface area contributed by atoms with Gasteiger partial charge in [-0.2, -0.15) is 5.10 Å². The lowest BCUT2D eigenvalue weighted by molar-refractivity contribution is -0.116. The van der Waals surface area contributed by atoms with E-state index in [9.17, 15) is 4.79 Å². The predicted octanol–water partition coefficient (Wildman–Crippen LogP) is 2.33. The topological polar surface area (TPSA) is 59.8 Å². The summed E-state index contributed by atoms with van der Waals surface area (Å²) in [6, 6.07) is 5.18. The molecule has 0 atom stereocenters. The first kappa shape index (κ1) is 12.1. The Bertz CT molecular complexity index is 529. The smallest absolute Gasteiger partial charge is 0.246 e. The van der Waals surface area contributed by atoms with E-state index in [-0.39, 0.29) is 12.5 Å². The van der Waals surface area contributed by atoms with E-state index in [0.29, 0.717) is 10.7 Å². The minimum absolute atomic E-state index is 0.110. The van der Waals surface area contributed by atoms with Crippen LogP contribution >= 0.6 is 27.5 Å². The maximum Gasteiger partial charge on any atom is 0.246 e. The second-order valence-electron chi connectivity index (χ2n) is 3.27. The number of hydrogen-bond donors (Lipinski definition) is 1. The van der Waals surface area contributed by atoms with Crippen LogP contribution in [0, 0.1) is 0 Å². The second-order valence-corrected chi connectivity index (χ2v) is 4.56. The van der Waals surface area contributed by atoms with E-state index in [1.807, 2.05) is 0 Å². The molecule has 1 N–H and O–H groups in total. The largest absolute Gasteiger partial charge is 0.323 e. The number of nitrogens with zero attached hydrogens (tertiary/aromatic N) is 3. The van der Waals surface area contributed by atoms with Gasteiger partial charge >= 0.3 is 0 Å². The summed E-state index contributed by atoms with van der Waals surface area (Å²) in [6.07, 6.45) is 2.86. The van der Waals surface area contributed by atoms with Crippen LogP contribution in [0.1, 0.15) is 0 Å². The third-order valence-corrected chi connectivity index (χ3v) is 2.90. The van der Waals surface area contributed by atoms with Crippen molar-refractivity contribution in [3.05, 3.63) is 40.3 Å². The highest BCUT2D eigenvalue weighted by Gasteiger charge is 2.07. The molecule has 2 rings (SSSR count). The predicted molar refractivity (Wildman–Crippen MR) is 67.8 cm³/mol. The first-order valence-electron chi connectivity index (χ1n) is 4.72. The molecule has 17 heavy (non-hydrogen) atoms. The summed E-state index contributed by atoms with van der Waals surface area (Å²) in [4.78, 5) is 15.4. The molecule has 7 heteroatoms. The number of hydrogen-bond acceptors (Lipinski definition) is 3. The van der Waals surface area contributed by atoms with E-state index >= 15 is 0 Å². The molecule has 0 saturated carbocycles. The summed E-state index contributed by atoms with van der Waals surface area (Å²) in [5, 5.41) is 7.13. The van der Waals surface area contributed by atoms with Crippen molar-refractivity contribution in [1.82, 2.24) is 14.8 Å². The van der Waals surface area contributed by atoms with Gasteiger partial charge in [-0.15, -0.1) is 0 Å². The molecule has 0 spiro atoms. The van der Waals surface area contributed by atoms with E-state index in [0.717, 1.165) is 4.47 Å². The molecule has 1 heterocycles. The molecule has 1 aromatic carbocycles. The molecule has 2 aromatic rings. The summed E-state index contributed by atoms with van der Waals surface area (Å²) < 4.78 is 2.21. The van der Waals surface area contributed by atoms with Gasteiger partial charge in [-0.3, -0.25) is 4.79 Å². The molecule has 0 fully saturated rings. The fraction of sp³-hybridized carbons (Fsp3) is 0.100. The minimum Gasteiger partial charge on any atom is -0.323 e. The van der Waals surface area contributed by atoms with Gasteiger partial charge in [-0.05, 0) is 34.1 Å². The van der Waals surface area contributed by atoms with Crippen LogP contribution in [0.25, 0.3) is 0 Å². The number of carbonyl (C=O) groups is 1. The lowest BCUT2D eigenvalue weighted by atomic mass is 10.3. The minimum atomic E-state index is -0.196. The molecule has 0 aliphatic carbocycles. The van der Waals surface area contributed by atoms with Gasteiger partial charge in [-0.1, -0.05) is 11.6 Å². The summed E-state index contributed by atoms with van der Waals surface area (Å²) in [5.74, 6) is -0.196. The highest BCUT2D eigenvalue weighted by atomic mass is 79.9. The van der Waals surface area contributed by atoms with Crippen molar-refractivity contribution >= 4 is 39.1 Å². The zero-order valence-electron chi connectivity index (χ0n) is 8.60. The zero-order valence-corrected chi connectivity index (χ0v) is 10.9. The van der Waals surface area contributed by atoms with Crippen LogP contribution < -0.4 is 5.32 Å². The number of anilines is 1. The third-order valence-electron chi connectivity index (χ3n) is 1.97. The van der Waals surface area contributed by atoms with Crippen molar-refractivity contribution in [2.75, 3.05) is 5.32 Å². The Balaban J connectivity index is 2.05. The SMILES string of the molecule is O=C(Cn1cncn1)Nc1cc(Cl)ccc1Br. The molecule has 5 nitrogen and oxygen atoms in total. The van der Waals surface area contributed by atoms with Crippen molar-refractivity contribution in [1.29, 1.82) is 0 Å². The van der Waals surface area contributed by atoms with E-state index in [1.54, 1.807) is 18.2 Å². The fourth-order valence-corrected chi connectivity index (χ4v) is 1.76. The number of amides is 1. The molecule has 0 aliphatic heterocycles. The average Bonchev–Trinajstić information content (AvgIpc) is 2.76. The first-order chi connectivity index (χ1) is 8.15. The molecule has 0 unspecified atom stereocenters. The fourth-order valence-electron chi connectivity index (χ4n) is 1.24. The van der Waals surface area contributed by atoms with E-state index in [1.165, 1.54) is 17.3 Å². The Hall–Kier alpha value is -1.40. The number of aromatic nitrogens is 3. The molecule has 88 valence electrons. The second kappa shape index (κ2) is 5.29. The summed E-state index contributed by atoms with van der Waals surface area (Å²) in [6.45, 7) is 0.110. The van der Waals surface area contributed by atoms with E-state index < -0.39 is 0 Å². The van der Waals surface area contributed by atoms with E-state index in [2.05, 4.69) is 31.3 Å². The monoisotopic (exact) mass is 314 g/mol.